The van der Waals surface area contributed by atoms with Gasteiger partial charge in [-0.3, -0.25) is 14.6 Å². The van der Waals surface area contributed by atoms with Crippen LogP contribution in [0.3, 0.4) is 0 Å². The summed E-state index contributed by atoms with van der Waals surface area (Å²) in [5, 5.41) is 6.27. The quantitative estimate of drug-likeness (QED) is 0.725. The van der Waals surface area contributed by atoms with E-state index in [0.717, 1.165) is 18.5 Å². The molecule has 0 amide bonds. The molecule has 3 aromatic rings. The maximum absolute atomic E-state index is 11.9. The van der Waals surface area contributed by atoms with Gasteiger partial charge >= 0.3 is 0 Å². The van der Waals surface area contributed by atoms with Gasteiger partial charge in [0.2, 0.25) is 0 Å². The molecule has 0 saturated carbocycles. The van der Waals surface area contributed by atoms with E-state index in [0.29, 0.717) is 11.4 Å². The fraction of sp³-hybridized carbons (Fsp3) is 0.167. The van der Waals surface area contributed by atoms with Gasteiger partial charge in [-0.2, -0.15) is 0 Å². The van der Waals surface area contributed by atoms with E-state index in [1.54, 1.807) is 24.5 Å². The van der Waals surface area contributed by atoms with Gasteiger partial charge in [0.05, 0.1) is 6.04 Å². The Morgan fingerprint density at radius 2 is 1.70 bits per heavy atom. The number of hydrogen-bond donors (Lipinski definition) is 2. The topological polar surface area (TPSA) is 71.1 Å². The first-order valence-electron chi connectivity index (χ1n) is 7.59. The van der Waals surface area contributed by atoms with Crippen molar-refractivity contribution in [2.75, 3.05) is 10.6 Å². The average molecular weight is 305 g/mol. The lowest BCUT2D eigenvalue weighted by Gasteiger charge is -2.19. The molecule has 1 aliphatic rings. The highest BCUT2D eigenvalue weighted by molar-refractivity contribution is 5.79. The Morgan fingerprint density at radius 1 is 0.957 bits per heavy atom. The predicted molar refractivity (Wildman–Crippen MR) is 90.0 cm³/mol. The molecule has 4 rings (SSSR count). The minimum atomic E-state index is -0.476. The smallest absolute Gasteiger partial charge is 0.253 e. The first kappa shape index (κ1) is 13.7. The fourth-order valence-electron chi connectivity index (χ4n) is 3.11. The van der Waals surface area contributed by atoms with E-state index in [-0.39, 0.29) is 6.04 Å². The molecule has 0 radical (unpaired) electrons. The van der Waals surface area contributed by atoms with Gasteiger partial charge in [0.25, 0.3) is 10.9 Å². The molecule has 0 unspecified atom stereocenters. The number of pyridine rings is 1. The Labute approximate surface area is 132 Å². The lowest BCUT2D eigenvalue weighted by Crippen LogP contribution is -2.37. The van der Waals surface area contributed by atoms with Gasteiger partial charge in [0, 0.05) is 18.1 Å². The number of aryl methyl sites for hydroxylation is 1. The maximum atomic E-state index is 11.9. The normalized spacial score (nSPS) is 16.3. The third-order valence-corrected chi connectivity index (χ3v) is 4.31. The molecule has 2 aromatic carbocycles. The zero-order valence-electron chi connectivity index (χ0n) is 12.4. The summed E-state index contributed by atoms with van der Waals surface area (Å²) in [4.78, 5) is 27.7. The van der Waals surface area contributed by atoms with Crippen molar-refractivity contribution >= 4 is 17.1 Å². The van der Waals surface area contributed by atoms with Crippen LogP contribution in [-0.4, -0.2) is 4.98 Å². The van der Waals surface area contributed by atoms with Crippen molar-refractivity contribution in [3.05, 3.63) is 80.4 Å². The average Bonchev–Trinajstić information content (AvgIpc) is 3.02. The molecule has 0 aliphatic heterocycles. The molecule has 0 fully saturated rings. The molecule has 1 atom stereocenters. The molecule has 1 aliphatic carbocycles. The Balaban J connectivity index is 1.61. The zero-order valence-corrected chi connectivity index (χ0v) is 12.4. The second-order valence-corrected chi connectivity index (χ2v) is 5.70. The lowest BCUT2D eigenvalue weighted by molar-refractivity contribution is 0.760. The van der Waals surface area contributed by atoms with Gasteiger partial charge in [0.15, 0.2) is 0 Å². The minimum Gasteiger partial charge on any atom is -0.373 e. The van der Waals surface area contributed by atoms with Crippen LogP contribution in [-0.2, 0) is 6.42 Å². The van der Waals surface area contributed by atoms with Crippen LogP contribution in [0, 0.1) is 0 Å². The number of rotatable bonds is 4. The second-order valence-electron chi connectivity index (χ2n) is 5.70. The highest BCUT2D eigenvalue weighted by Crippen LogP contribution is 2.34. The molecular formula is C18H15N3O2. The van der Waals surface area contributed by atoms with Gasteiger partial charge in [-0.15, -0.1) is 0 Å². The predicted octanol–water partition coefficient (Wildman–Crippen LogP) is 2.52. The maximum Gasteiger partial charge on any atom is 0.253 e. The number of benzene rings is 1. The summed E-state index contributed by atoms with van der Waals surface area (Å²) in [7, 11) is 0. The molecule has 1 heterocycles. The van der Waals surface area contributed by atoms with Crippen LogP contribution >= 0.6 is 0 Å². The highest BCUT2D eigenvalue weighted by Gasteiger charge is 2.27. The number of nitrogens with zero attached hydrogens (tertiary/aromatic N) is 1. The number of hydrogen-bond acceptors (Lipinski definition) is 5. The van der Waals surface area contributed by atoms with Crippen LogP contribution in [0.5, 0.6) is 0 Å². The number of aromatic nitrogens is 1. The molecule has 5 nitrogen and oxygen atoms in total. The van der Waals surface area contributed by atoms with Gasteiger partial charge in [-0.05, 0) is 36.1 Å². The zero-order chi connectivity index (χ0) is 15.8. The van der Waals surface area contributed by atoms with Crippen molar-refractivity contribution in [2.45, 2.75) is 18.9 Å². The van der Waals surface area contributed by atoms with Gasteiger partial charge < -0.3 is 10.6 Å². The Hall–Kier alpha value is -2.95. The molecule has 23 heavy (non-hydrogen) atoms. The summed E-state index contributed by atoms with van der Waals surface area (Å²) >= 11 is 0. The molecule has 5 heteroatoms. The molecule has 0 bridgehead atoms. The van der Waals surface area contributed by atoms with Crippen LogP contribution in [0.25, 0.3) is 0 Å². The lowest BCUT2D eigenvalue weighted by atomic mass is 10.1. The molecular weight excluding hydrogens is 290 g/mol. The molecule has 114 valence electrons. The summed E-state index contributed by atoms with van der Waals surface area (Å²) in [5.74, 6) is 0. The van der Waals surface area contributed by atoms with E-state index < -0.39 is 10.9 Å². The Morgan fingerprint density at radius 3 is 2.52 bits per heavy atom. The number of anilines is 3. The monoisotopic (exact) mass is 305 g/mol. The summed E-state index contributed by atoms with van der Waals surface area (Å²) < 4.78 is 0. The van der Waals surface area contributed by atoms with Crippen molar-refractivity contribution < 1.29 is 0 Å². The van der Waals surface area contributed by atoms with E-state index in [9.17, 15) is 9.59 Å². The first-order chi connectivity index (χ1) is 11.2. The minimum absolute atomic E-state index is 0.0764. The largest absolute Gasteiger partial charge is 0.373 e. The first-order valence-corrected chi connectivity index (χ1v) is 7.59. The van der Waals surface area contributed by atoms with Crippen LogP contribution in [0.1, 0.15) is 23.6 Å². The summed E-state index contributed by atoms with van der Waals surface area (Å²) in [6.07, 6.45) is 5.17. The van der Waals surface area contributed by atoms with Crippen molar-refractivity contribution in [2.24, 2.45) is 0 Å². The van der Waals surface area contributed by atoms with Gasteiger partial charge in [-0.1, -0.05) is 24.3 Å². The van der Waals surface area contributed by atoms with E-state index in [2.05, 4.69) is 27.8 Å². The SMILES string of the molecule is O=c1c(Nc2ccncc2)c(N[C@@H]2CCc3ccccc32)c1=O. The van der Waals surface area contributed by atoms with Crippen molar-refractivity contribution in [3.8, 4) is 0 Å². The van der Waals surface area contributed by atoms with E-state index in [4.69, 9.17) is 0 Å². The van der Waals surface area contributed by atoms with Gasteiger partial charge in [0.1, 0.15) is 11.4 Å². The molecule has 0 spiro atoms. The van der Waals surface area contributed by atoms with E-state index >= 15 is 0 Å². The van der Waals surface area contributed by atoms with Gasteiger partial charge in [-0.25, -0.2) is 0 Å². The third-order valence-electron chi connectivity index (χ3n) is 4.31. The van der Waals surface area contributed by atoms with Crippen molar-refractivity contribution in [1.82, 2.24) is 4.98 Å². The molecule has 2 N–H and O–H groups in total. The van der Waals surface area contributed by atoms with Crippen LogP contribution < -0.4 is 21.5 Å². The van der Waals surface area contributed by atoms with E-state index in [1.165, 1.54) is 11.1 Å². The number of fused-ring (bicyclic) bond motifs is 1. The van der Waals surface area contributed by atoms with Crippen LogP contribution in [0.2, 0.25) is 0 Å². The van der Waals surface area contributed by atoms with Crippen LogP contribution in [0.4, 0.5) is 17.1 Å². The highest BCUT2D eigenvalue weighted by atomic mass is 16.2. The Kier molecular flexibility index (Phi) is 3.19. The van der Waals surface area contributed by atoms with Crippen molar-refractivity contribution in [3.63, 3.8) is 0 Å². The fourth-order valence-corrected chi connectivity index (χ4v) is 3.11. The molecule has 1 aromatic heterocycles. The second kappa shape index (κ2) is 5.35. The van der Waals surface area contributed by atoms with Crippen molar-refractivity contribution in [1.29, 1.82) is 0 Å². The molecule has 0 saturated heterocycles. The summed E-state index contributed by atoms with van der Waals surface area (Å²) in [6, 6.07) is 11.8. The number of nitrogens with one attached hydrogen (secondary N) is 2. The summed E-state index contributed by atoms with van der Waals surface area (Å²) in [5.41, 5.74) is 3.03. The van der Waals surface area contributed by atoms with Crippen LogP contribution in [0.15, 0.2) is 58.4 Å². The Bertz CT molecular complexity index is 927. The third kappa shape index (κ3) is 2.30. The summed E-state index contributed by atoms with van der Waals surface area (Å²) in [6.45, 7) is 0. The standard InChI is InChI=1S/C18H15N3O2/c22-17-15(20-12-7-9-19-10-8-12)16(18(17)23)21-14-6-5-11-3-1-2-4-13(11)14/h1-4,7-10,14,21H,5-6H2,(H,19,20)/t14-/m1/s1. The van der Waals surface area contributed by atoms with E-state index in [1.807, 2.05) is 12.1 Å².